The molecule has 1 aliphatic rings. The minimum atomic E-state index is -0.387. The van der Waals surface area contributed by atoms with Crippen LogP contribution in [0.2, 0.25) is 0 Å². The molecule has 0 aliphatic carbocycles. The highest BCUT2D eigenvalue weighted by Crippen LogP contribution is 2.18. The van der Waals surface area contributed by atoms with Crippen molar-refractivity contribution in [3.8, 4) is 5.75 Å². The van der Waals surface area contributed by atoms with Crippen LogP contribution in [0.15, 0.2) is 28.7 Å². The molecule has 1 unspecified atom stereocenters. The molecular weight excluding hydrogens is 324 g/mol. The van der Waals surface area contributed by atoms with E-state index in [1.165, 1.54) is 0 Å². The summed E-state index contributed by atoms with van der Waals surface area (Å²) in [7, 11) is 0. The van der Waals surface area contributed by atoms with Crippen molar-refractivity contribution in [1.82, 2.24) is 10.2 Å². The number of nitrogens with one attached hydrogen (secondary N) is 1. The summed E-state index contributed by atoms with van der Waals surface area (Å²) in [6.45, 7) is 2.75. The highest BCUT2D eigenvalue weighted by Gasteiger charge is 2.32. The summed E-state index contributed by atoms with van der Waals surface area (Å²) in [5.74, 6) is 0.588. The Balaban J connectivity index is 1.91. The van der Waals surface area contributed by atoms with Crippen LogP contribution >= 0.6 is 15.9 Å². The largest absolute Gasteiger partial charge is 0.492 e. The fraction of sp³-hybridized carbons (Fsp3) is 0.429. The van der Waals surface area contributed by atoms with E-state index in [1.54, 1.807) is 4.90 Å². The molecule has 2 amide bonds. The van der Waals surface area contributed by atoms with E-state index < -0.39 is 0 Å². The number of hydrogen-bond donors (Lipinski definition) is 1. The molecule has 0 aromatic heterocycles. The first-order chi connectivity index (χ1) is 9.61. The van der Waals surface area contributed by atoms with Crippen molar-refractivity contribution in [3.05, 3.63) is 28.7 Å². The van der Waals surface area contributed by atoms with Crippen LogP contribution in [0.3, 0.4) is 0 Å². The lowest BCUT2D eigenvalue weighted by Gasteiger charge is -2.34. The van der Waals surface area contributed by atoms with E-state index in [0.29, 0.717) is 19.6 Å². The molecule has 1 N–H and O–H groups in total. The molecule has 108 valence electrons. The number of hydrogen-bond acceptors (Lipinski definition) is 3. The van der Waals surface area contributed by atoms with Gasteiger partial charge >= 0.3 is 0 Å². The molecule has 2 rings (SSSR count). The second kappa shape index (κ2) is 6.74. The minimum absolute atomic E-state index is 0.0608. The normalized spacial score (nSPS) is 18.9. The lowest BCUT2D eigenvalue weighted by molar-refractivity contribution is -0.146. The summed E-state index contributed by atoms with van der Waals surface area (Å²) in [4.78, 5) is 25.2. The van der Waals surface area contributed by atoms with Crippen LogP contribution in [0.5, 0.6) is 5.75 Å². The molecule has 0 spiro atoms. The third-order valence-electron chi connectivity index (χ3n) is 3.20. The van der Waals surface area contributed by atoms with Crippen molar-refractivity contribution in [2.45, 2.75) is 19.4 Å². The molecule has 1 heterocycles. The Morgan fingerprint density at radius 2 is 2.25 bits per heavy atom. The monoisotopic (exact) mass is 340 g/mol. The Bertz CT molecular complexity index is 507. The third-order valence-corrected chi connectivity index (χ3v) is 3.69. The first-order valence-corrected chi connectivity index (χ1v) is 7.36. The van der Waals surface area contributed by atoms with Crippen molar-refractivity contribution in [1.29, 1.82) is 0 Å². The number of ether oxygens (including phenoxy) is 1. The topological polar surface area (TPSA) is 58.6 Å². The van der Waals surface area contributed by atoms with Crippen LogP contribution in [0, 0.1) is 0 Å². The molecule has 1 saturated heterocycles. The summed E-state index contributed by atoms with van der Waals surface area (Å²) in [5, 5.41) is 2.60. The van der Waals surface area contributed by atoms with Crippen molar-refractivity contribution in [3.63, 3.8) is 0 Å². The zero-order valence-electron chi connectivity index (χ0n) is 11.3. The van der Waals surface area contributed by atoms with Crippen LogP contribution in [-0.2, 0) is 9.59 Å². The van der Waals surface area contributed by atoms with Gasteiger partial charge in [0.2, 0.25) is 11.8 Å². The van der Waals surface area contributed by atoms with Crippen LogP contribution in [0.4, 0.5) is 0 Å². The van der Waals surface area contributed by atoms with Gasteiger partial charge in [-0.1, -0.05) is 28.9 Å². The van der Waals surface area contributed by atoms with Gasteiger partial charge in [0.05, 0.1) is 13.1 Å². The van der Waals surface area contributed by atoms with Gasteiger partial charge < -0.3 is 15.0 Å². The molecule has 20 heavy (non-hydrogen) atoms. The number of amides is 2. The van der Waals surface area contributed by atoms with Crippen LogP contribution in [0.25, 0.3) is 0 Å². The molecule has 1 aliphatic heterocycles. The molecule has 6 heteroatoms. The molecule has 1 atom stereocenters. The molecule has 0 bridgehead atoms. The minimum Gasteiger partial charge on any atom is -0.492 e. The summed E-state index contributed by atoms with van der Waals surface area (Å²) in [6, 6.07) is 7.13. The van der Waals surface area contributed by atoms with Crippen LogP contribution < -0.4 is 10.1 Å². The Morgan fingerprint density at radius 3 is 2.95 bits per heavy atom. The quantitative estimate of drug-likeness (QED) is 0.884. The van der Waals surface area contributed by atoms with E-state index in [4.69, 9.17) is 4.74 Å². The van der Waals surface area contributed by atoms with E-state index >= 15 is 0 Å². The van der Waals surface area contributed by atoms with Gasteiger partial charge in [-0.15, -0.1) is 0 Å². The number of nitrogens with zero attached hydrogens (tertiary/aromatic N) is 1. The molecule has 1 aromatic carbocycles. The first kappa shape index (κ1) is 14.8. The summed E-state index contributed by atoms with van der Waals surface area (Å²) in [5.41, 5.74) is 0. The number of piperazine rings is 1. The lowest BCUT2D eigenvalue weighted by Crippen LogP contribution is -2.58. The Labute approximate surface area is 126 Å². The molecular formula is C14H17BrN2O3. The summed E-state index contributed by atoms with van der Waals surface area (Å²) in [6.07, 6.45) is 0.606. The van der Waals surface area contributed by atoms with Crippen LogP contribution in [0.1, 0.15) is 13.3 Å². The average molecular weight is 341 g/mol. The molecule has 1 fully saturated rings. The maximum Gasteiger partial charge on any atom is 0.243 e. The van der Waals surface area contributed by atoms with E-state index in [9.17, 15) is 9.59 Å². The maximum atomic E-state index is 11.9. The van der Waals surface area contributed by atoms with Crippen molar-refractivity contribution in [2.75, 3.05) is 19.7 Å². The Morgan fingerprint density at radius 1 is 1.45 bits per heavy atom. The smallest absolute Gasteiger partial charge is 0.243 e. The van der Waals surface area contributed by atoms with Gasteiger partial charge in [-0.05, 0) is 24.6 Å². The lowest BCUT2D eigenvalue weighted by atomic mass is 10.1. The molecule has 1 aromatic rings. The molecule has 0 saturated carbocycles. The predicted molar refractivity (Wildman–Crippen MR) is 78.4 cm³/mol. The SMILES string of the molecule is CCC1C(=O)NCC(=O)N1CCOc1cccc(Br)c1. The number of halogens is 1. The van der Waals surface area contributed by atoms with Crippen molar-refractivity contribution in [2.24, 2.45) is 0 Å². The molecule has 0 radical (unpaired) electrons. The standard InChI is InChI=1S/C14H17BrN2O3/c1-2-12-14(19)16-9-13(18)17(12)6-7-20-11-5-3-4-10(15)8-11/h3-5,8,12H,2,6-7,9H2,1H3,(H,16,19). The zero-order chi connectivity index (χ0) is 14.5. The second-order valence-corrected chi connectivity index (χ2v) is 5.45. The van der Waals surface area contributed by atoms with E-state index in [-0.39, 0.29) is 24.4 Å². The van der Waals surface area contributed by atoms with Gasteiger partial charge in [-0.25, -0.2) is 0 Å². The van der Waals surface area contributed by atoms with Crippen molar-refractivity contribution < 1.29 is 14.3 Å². The predicted octanol–water partition coefficient (Wildman–Crippen LogP) is 1.56. The fourth-order valence-corrected chi connectivity index (χ4v) is 2.58. The number of benzene rings is 1. The Kier molecular flexibility index (Phi) is 5.00. The highest BCUT2D eigenvalue weighted by atomic mass is 79.9. The average Bonchev–Trinajstić information content (AvgIpc) is 2.43. The second-order valence-electron chi connectivity index (χ2n) is 4.53. The Hall–Kier alpha value is -1.56. The number of carbonyl (C=O) groups is 2. The summed E-state index contributed by atoms with van der Waals surface area (Å²) < 4.78 is 6.55. The van der Waals surface area contributed by atoms with E-state index in [1.807, 2.05) is 31.2 Å². The van der Waals surface area contributed by atoms with Gasteiger partial charge in [0.15, 0.2) is 0 Å². The van der Waals surface area contributed by atoms with Gasteiger partial charge in [0, 0.05) is 4.47 Å². The van der Waals surface area contributed by atoms with Gasteiger partial charge in [0.1, 0.15) is 18.4 Å². The molecule has 5 nitrogen and oxygen atoms in total. The van der Waals surface area contributed by atoms with E-state index in [2.05, 4.69) is 21.2 Å². The van der Waals surface area contributed by atoms with Gasteiger partial charge in [-0.2, -0.15) is 0 Å². The van der Waals surface area contributed by atoms with Gasteiger partial charge in [0.25, 0.3) is 0 Å². The number of rotatable bonds is 5. The first-order valence-electron chi connectivity index (χ1n) is 6.57. The third kappa shape index (κ3) is 3.50. The van der Waals surface area contributed by atoms with Crippen molar-refractivity contribution >= 4 is 27.7 Å². The van der Waals surface area contributed by atoms with Crippen LogP contribution in [-0.4, -0.2) is 42.5 Å². The van der Waals surface area contributed by atoms with E-state index in [0.717, 1.165) is 10.2 Å². The maximum absolute atomic E-state index is 11.9. The zero-order valence-corrected chi connectivity index (χ0v) is 12.9. The number of carbonyl (C=O) groups excluding carboxylic acids is 2. The highest BCUT2D eigenvalue weighted by molar-refractivity contribution is 9.10. The van der Waals surface area contributed by atoms with Gasteiger partial charge in [-0.3, -0.25) is 9.59 Å². The fourth-order valence-electron chi connectivity index (χ4n) is 2.20. The summed E-state index contributed by atoms with van der Waals surface area (Å²) >= 11 is 3.37.